The number of allylic oxidation sites excluding steroid dienone is 4. The van der Waals surface area contributed by atoms with Gasteiger partial charge >= 0.3 is 0 Å². The number of nitrogens with one attached hydrogen (secondary N) is 2. The smallest absolute Gasteiger partial charge is 0.224 e. The number of amides is 1. The lowest BCUT2D eigenvalue weighted by molar-refractivity contribution is -0.120. The minimum absolute atomic E-state index is 0.00228. The number of rotatable bonds is 7. The molecule has 2 N–H and O–H groups in total. The summed E-state index contributed by atoms with van der Waals surface area (Å²) in [5.74, 6) is -0.00228. The maximum Gasteiger partial charge on any atom is 0.224 e. The van der Waals surface area contributed by atoms with Crippen molar-refractivity contribution >= 4 is 15.9 Å². The number of unbranched alkanes of at least 4 members (excludes halogenated alkanes) is 1. The first kappa shape index (κ1) is 21.9. The Bertz CT molecular complexity index is 633. The van der Waals surface area contributed by atoms with Gasteiger partial charge in [-0.25, -0.2) is 13.1 Å². The van der Waals surface area contributed by atoms with Crippen LogP contribution < -0.4 is 10.0 Å². The summed E-state index contributed by atoms with van der Waals surface area (Å²) in [6.45, 7) is 12.0. The van der Waals surface area contributed by atoms with E-state index in [1.165, 1.54) is 5.57 Å². The molecule has 25 heavy (non-hydrogen) atoms. The Morgan fingerprint density at radius 2 is 1.68 bits per heavy atom. The number of sulfonamides is 1. The third-order valence-electron chi connectivity index (χ3n) is 4.34. The van der Waals surface area contributed by atoms with E-state index in [0.29, 0.717) is 25.8 Å². The highest BCUT2D eigenvalue weighted by atomic mass is 32.2. The normalized spacial score (nSPS) is 16.2. The number of hydrogen-bond acceptors (Lipinski definition) is 3. The van der Waals surface area contributed by atoms with Crippen molar-refractivity contribution < 1.29 is 13.2 Å². The second kappa shape index (κ2) is 8.49. The van der Waals surface area contributed by atoms with Crippen LogP contribution in [-0.2, 0) is 14.8 Å². The molecule has 5 nitrogen and oxygen atoms in total. The van der Waals surface area contributed by atoms with Crippen LogP contribution in [0.3, 0.4) is 0 Å². The van der Waals surface area contributed by atoms with Crippen molar-refractivity contribution in [3.05, 3.63) is 23.4 Å². The van der Waals surface area contributed by atoms with E-state index < -0.39 is 14.8 Å². The maximum absolute atomic E-state index is 12.0. The van der Waals surface area contributed by atoms with E-state index in [0.717, 1.165) is 18.5 Å². The zero-order chi connectivity index (χ0) is 19.3. The number of carbonyl (C=O) groups excluding carboxylic acids is 1. The molecule has 0 aromatic heterocycles. The van der Waals surface area contributed by atoms with Crippen molar-refractivity contribution in [3.8, 4) is 0 Å². The van der Waals surface area contributed by atoms with Crippen molar-refractivity contribution in [2.45, 2.75) is 78.4 Å². The Labute approximate surface area is 153 Å². The summed E-state index contributed by atoms with van der Waals surface area (Å²) in [4.78, 5) is 12.0. The molecular formula is C19H34N2O3S. The van der Waals surface area contributed by atoms with Gasteiger partial charge in [-0.2, -0.15) is 0 Å². The summed E-state index contributed by atoms with van der Waals surface area (Å²) in [5.41, 5.74) is 2.54. The van der Waals surface area contributed by atoms with Gasteiger partial charge in [0.15, 0.2) is 0 Å². The molecule has 0 saturated carbocycles. The van der Waals surface area contributed by atoms with Crippen LogP contribution in [0.5, 0.6) is 0 Å². The average molecular weight is 371 g/mol. The lowest BCUT2D eigenvalue weighted by atomic mass is 9.81. The largest absolute Gasteiger partial charge is 0.330 e. The van der Waals surface area contributed by atoms with Gasteiger partial charge in [0.2, 0.25) is 15.9 Å². The van der Waals surface area contributed by atoms with Crippen LogP contribution in [0.25, 0.3) is 0 Å². The predicted molar refractivity (Wildman–Crippen MR) is 104 cm³/mol. The summed E-state index contributed by atoms with van der Waals surface area (Å²) >= 11 is 0. The highest BCUT2D eigenvalue weighted by molar-refractivity contribution is 7.90. The summed E-state index contributed by atoms with van der Waals surface area (Å²) in [6.07, 6.45) is 7.67. The third kappa shape index (κ3) is 7.32. The maximum atomic E-state index is 12.0. The quantitative estimate of drug-likeness (QED) is 0.672. The van der Waals surface area contributed by atoms with Gasteiger partial charge < -0.3 is 5.32 Å². The van der Waals surface area contributed by atoms with Gasteiger partial charge in [0.25, 0.3) is 0 Å². The van der Waals surface area contributed by atoms with E-state index >= 15 is 0 Å². The molecule has 0 fully saturated rings. The van der Waals surface area contributed by atoms with E-state index in [1.807, 2.05) is 6.08 Å². The summed E-state index contributed by atoms with van der Waals surface area (Å²) in [6, 6.07) is 0. The molecule has 0 unspecified atom stereocenters. The number of carbonyl (C=O) groups is 1. The molecule has 0 spiro atoms. The topological polar surface area (TPSA) is 75.3 Å². The Morgan fingerprint density at radius 1 is 1.04 bits per heavy atom. The van der Waals surface area contributed by atoms with Crippen LogP contribution in [0.4, 0.5) is 0 Å². The Hall–Kier alpha value is -1.14. The van der Waals surface area contributed by atoms with Gasteiger partial charge in [-0.05, 0) is 57.9 Å². The Morgan fingerprint density at radius 3 is 2.16 bits per heavy atom. The van der Waals surface area contributed by atoms with Crippen molar-refractivity contribution in [1.29, 1.82) is 0 Å². The first-order chi connectivity index (χ1) is 11.3. The SMILES string of the molecule is CC(C)(C)C1=CC=C(NC(=O)CCCCNS(=O)(=O)C(C)(C)C)CC1. The molecule has 0 saturated heterocycles. The minimum atomic E-state index is -3.30. The average Bonchev–Trinajstić information content (AvgIpc) is 2.45. The van der Waals surface area contributed by atoms with Crippen molar-refractivity contribution in [1.82, 2.24) is 10.0 Å². The molecule has 0 bridgehead atoms. The van der Waals surface area contributed by atoms with Gasteiger partial charge in [-0.15, -0.1) is 0 Å². The Kier molecular flexibility index (Phi) is 7.44. The van der Waals surface area contributed by atoms with Gasteiger partial charge in [-0.1, -0.05) is 32.4 Å². The highest BCUT2D eigenvalue weighted by Crippen LogP contribution is 2.32. The van der Waals surface area contributed by atoms with E-state index in [2.05, 4.69) is 36.9 Å². The molecule has 1 aliphatic carbocycles. The Balaban J connectivity index is 2.31. The van der Waals surface area contributed by atoms with Crippen LogP contribution in [0.2, 0.25) is 0 Å². The monoisotopic (exact) mass is 370 g/mol. The summed E-state index contributed by atoms with van der Waals surface area (Å²) in [5, 5.41) is 2.96. The second-order valence-electron chi connectivity index (χ2n) is 8.65. The molecule has 6 heteroatoms. The van der Waals surface area contributed by atoms with Gasteiger partial charge in [0.1, 0.15) is 0 Å². The van der Waals surface area contributed by atoms with E-state index in [4.69, 9.17) is 0 Å². The predicted octanol–water partition coefficient (Wildman–Crippen LogP) is 3.64. The van der Waals surface area contributed by atoms with Crippen molar-refractivity contribution in [3.63, 3.8) is 0 Å². The molecule has 1 amide bonds. The molecule has 1 aliphatic rings. The molecule has 0 radical (unpaired) electrons. The zero-order valence-corrected chi connectivity index (χ0v) is 17.3. The highest BCUT2D eigenvalue weighted by Gasteiger charge is 2.28. The first-order valence-corrected chi connectivity index (χ1v) is 10.5. The lowest BCUT2D eigenvalue weighted by Crippen LogP contribution is -2.39. The van der Waals surface area contributed by atoms with Crippen LogP contribution in [0, 0.1) is 5.41 Å². The van der Waals surface area contributed by atoms with Crippen LogP contribution >= 0.6 is 0 Å². The molecule has 0 aromatic carbocycles. The standard InChI is InChI=1S/C19H34N2O3S/c1-18(2,3)15-10-12-16(13-11-15)21-17(22)9-7-8-14-20-25(23,24)19(4,5)6/h10,12,20H,7-9,11,13-14H2,1-6H3,(H,21,22). The minimum Gasteiger partial charge on any atom is -0.330 e. The molecule has 0 aromatic rings. The van der Waals surface area contributed by atoms with E-state index in [-0.39, 0.29) is 11.3 Å². The molecule has 144 valence electrons. The fourth-order valence-electron chi connectivity index (χ4n) is 2.44. The zero-order valence-electron chi connectivity index (χ0n) is 16.5. The van der Waals surface area contributed by atoms with Gasteiger partial charge in [-0.3, -0.25) is 4.79 Å². The first-order valence-electron chi connectivity index (χ1n) is 9.02. The molecule has 0 atom stereocenters. The van der Waals surface area contributed by atoms with Crippen molar-refractivity contribution in [2.24, 2.45) is 5.41 Å². The molecule has 1 rings (SSSR count). The molecule has 0 heterocycles. The number of hydrogen-bond donors (Lipinski definition) is 2. The molecule has 0 aliphatic heterocycles. The summed E-state index contributed by atoms with van der Waals surface area (Å²) < 4.78 is 25.6. The van der Waals surface area contributed by atoms with Crippen molar-refractivity contribution in [2.75, 3.05) is 6.54 Å². The van der Waals surface area contributed by atoms with Gasteiger partial charge in [0, 0.05) is 18.7 Å². The van der Waals surface area contributed by atoms with Gasteiger partial charge in [0.05, 0.1) is 4.75 Å². The van der Waals surface area contributed by atoms with Crippen LogP contribution in [0.1, 0.15) is 73.6 Å². The molecular weight excluding hydrogens is 336 g/mol. The summed E-state index contributed by atoms with van der Waals surface area (Å²) in [7, 11) is -3.30. The third-order valence-corrected chi connectivity index (χ3v) is 6.54. The fraction of sp³-hybridized carbons (Fsp3) is 0.737. The van der Waals surface area contributed by atoms with E-state index in [1.54, 1.807) is 20.8 Å². The van der Waals surface area contributed by atoms with Crippen LogP contribution in [0.15, 0.2) is 23.4 Å². The van der Waals surface area contributed by atoms with Crippen LogP contribution in [-0.4, -0.2) is 25.6 Å². The fourth-order valence-corrected chi connectivity index (χ4v) is 3.29. The van der Waals surface area contributed by atoms with E-state index in [9.17, 15) is 13.2 Å². The second-order valence-corrected chi connectivity index (χ2v) is 11.2. The lowest BCUT2D eigenvalue weighted by Gasteiger charge is -2.26.